The highest BCUT2D eigenvalue weighted by Gasteiger charge is 2.44. The summed E-state index contributed by atoms with van der Waals surface area (Å²) in [5.41, 5.74) is 2.16. The number of carboxylic acid groups (broad SMARTS) is 1. The van der Waals surface area contributed by atoms with Crippen LogP contribution >= 0.6 is 0 Å². The first-order chi connectivity index (χ1) is 36.4. The molecule has 408 valence electrons. The molecule has 3 aromatic carbocycles. The summed E-state index contributed by atoms with van der Waals surface area (Å²) < 4.78 is 72.4. The number of aromatic amines is 2. The van der Waals surface area contributed by atoms with E-state index in [-0.39, 0.29) is 64.4 Å². The Labute approximate surface area is 439 Å². The molecule has 16 nitrogen and oxygen atoms in total. The highest BCUT2D eigenvalue weighted by Crippen LogP contribution is 2.51. The molecular formula is C56H70F4N10O6. The van der Waals surface area contributed by atoms with Gasteiger partial charge in [-0.2, -0.15) is 0 Å². The highest BCUT2D eigenvalue weighted by atomic mass is 19.1. The van der Waals surface area contributed by atoms with Crippen molar-refractivity contribution in [2.75, 3.05) is 50.1 Å². The Bertz CT molecular complexity index is 3000. The van der Waals surface area contributed by atoms with Gasteiger partial charge in [0.15, 0.2) is 11.6 Å². The molecule has 6 atom stereocenters. The Kier molecular flexibility index (Phi) is 14.7. The molecule has 4 amide bonds. The Hall–Kier alpha value is -6.60. The first-order valence-corrected chi connectivity index (χ1v) is 27.2. The number of fused-ring (bicyclic) bond motifs is 2. The van der Waals surface area contributed by atoms with E-state index < -0.39 is 71.7 Å². The Morgan fingerprint density at radius 3 is 1.66 bits per heavy atom. The molecule has 0 radical (unpaired) electrons. The van der Waals surface area contributed by atoms with Gasteiger partial charge in [0, 0.05) is 62.2 Å². The Balaban J connectivity index is 0.999. The second kappa shape index (κ2) is 21.1. The number of methoxy groups -OCH3 is 1. The fourth-order valence-corrected chi connectivity index (χ4v) is 13.4. The van der Waals surface area contributed by atoms with Crippen LogP contribution in [0.15, 0.2) is 36.4 Å². The number of hydrogen-bond donors (Lipinski definition) is 4. The van der Waals surface area contributed by atoms with Gasteiger partial charge < -0.3 is 44.7 Å². The van der Waals surface area contributed by atoms with E-state index >= 15 is 17.6 Å². The second-order valence-corrected chi connectivity index (χ2v) is 22.7. The number of benzene rings is 3. The summed E-state index contributed by atoms with van der Waals surface area (Å²) in [5.74, 6) is -3.11. The van der Waals surface area contributed by atoms with Crippen molar-refractivity contribution in [1.82, 2.24) is 40.0 Å². The van der Waals surface area contributed by atoms with E-state index in [0.717, 1.165) is 30.6 Å². The lowest BCUT2D eigenvalue weighted by Crippen LogP contribution is -2.51. The number of hydrogen-bond acceptors (Lipinski definition) is 9. The lowest BCUT2D eigenvalue weighted by Gasteiger charge is -2.45. The van der Waals surface area contributed by atoms with E-state index in [4.69, 9.17) is 14.7 Å². The maximum atomic E-state index is 17.0. The summed E-state index contributed by atoms with van der Waals surface area (Å²) in [6, 6.07) is 3.97. The molecular weight excluding hydrogens is 985 g/mol. The van der Waals surface area contributed by atoms with E-state index in [2.05, 4.69) is 15.3 Å². The topological polar surface area (TPSA) is 183 Å². The van der Waals surface area contributed by atoms with Gasteiger partial charge in [0.1, 0.15) is 41.1 Å². The minimum atomic E-state index is -1.22. The molecule has 1 spiro atoms. The Morgan fingerprint density at radius 2 is 1.18 bits per heavy atom. The SMILES string of the molecule is COC(=O)N[C@H](C(=O)N1CCC[C@H]1c1nc2cc(F)c([C@H]3CC[C@H](c4cc5[nH]c([C@@H]6CCCN6C(=O)[C@H](C(C)C)N(C)C(=O)O)nc5cc4F)N3c3cc(F)c(N4CCC5(CCCCC5)CC4)c(F)c3)cc2[nH]1)C(C)C. The van der Waals surface area contributed by atoms with Gasteiger partial charge in [-0.25, -0.2) is 37.1 Å². The molecule has 4 N–H and O–H groups in total. The predicted molar refractivity (Wildman–Crippen MR) is 279 cm³/mol. The minimum Gasteiger partial charge on any atom is -0.465 e. The van der Waals surface area contributed by atoms with Gasteiger partial charge in [-0.05, 0) is 106 Å². The van der Waals surface area contributed by atoms with Crippen molar-refractivity contribution in [3.63, 3.8) is 0 Å². The number of imidazole rings is 2. The number of carbonyl (C=O) groups is 4. The average molecular weight is 1060 g/mol. The molecule has 2 aromatic heterocycles. The van der Waals surface area contributed by atoms with E-state index in [1.165, 1.54) is 57.7 Å². The van der Waals surface area contributed by atoms with Gasteiger partial charge in [0.2, 0.25) is 11.8 Å². The normalized spacial score (nSPS) is 22.6. The van der Waals surface area contributed by atoms with Gasteiger partial charge in [-0.1, -0.05) is 47.0 Å². The number of piperidine rings is 1. The number of anilines is 2. The van der Waals surface area contributed by atoms with Crippen molar-refractivity contribution < 1.29 is 46.6 Å². The van der Waals surface area contributed by atoms with Crippen molar-refractivity contribution in [3.8, 4) is 0 Å². The minimum absolute atomic E-state index is 0.106. The number of alkyl carbamates (subject to hydrolysis) is 1. The summed E-state index contributed by atoms with van der Waals surface area (Å²) in [5, 5.41) is 12.5. The number of ether oxygens (including phenoxy) is 1. The lowest BCUT2D eigenvalue weighted by atomic mass is 9.68. The third kappa shape index (κ3) is 9.77. The van der Waals surface area contributed by atoms with Crippen LogP contribution in [0.4, 0.5) is 38.5 Å². The largest absolute Gasteiger partial charge is 0.465 e. The second-order valence-electron chi connectivity index (χ2n) is 22.7. The van der Waals surface area contributed by atoms with E-state index in [1.807, 2.05) is 13.8 Å². The molecule has 1 saturated carbocycles. The quantitative estimate of drug-likeness (QED) is 0.0877. The average Bonchev–Trinajstić information content (AvgIpc) is 4.26. The van der Waals surface area contributed by atoms with Crippen molar-refractivity contribution >= 4 is 57.4 Å². The third-order valence-electron chi connectivity index (χ3n) is 17.4. The zero-order chi connectivity index (χ0) is 53.9. The number of likely N-dealkylation sites (N-methyl/N-ethyl adjacent to an activating group) is 1. The summed E-state index contributed by atoms with van der Waals surface area (Å²) in [6.45, 7) is 9.09. The zero-order valence-corrected chi connectivity index (χ0v) is 44.2. The predicted octanol–water partition coefficient (Wildman–Crippen LogP) is 11.0. The van der Waals surface area contributed by atoms with Crippen LogP contribution in [0.25, 0.3) is 22.1 Å². The number of nitrogens with one attached hydrogen (secondary N) is 3. The maximum Gasteiger partial charge on any atom is 0.407 e. The molecule has 5 fully saturated rings. The third-order valence-corrected chi connectivity index (χ3v) is 17.4. The number of nitrogens with zero attached hydrogens (tertiary/aromatic N) is 7. The molecule has 0 bridgehead atoms. The number of rotatable bonds is 12. The first-order valence-electron chi connectivity index (χ1n) is 27.2. The van der Waals surface area contributed by atoms with Gasteiger partial charge in [0.25, 0.3) is 0 Å². The molecule has 4 aliphatic heterocycles. The molecule has 0 unspecified atom stereocenters. The number of aromatic nitrogens is 4. The van der Waals surface area contributed by atoms with E-state index in [0.29, 0.717) is 85.6 Å². The lowest BCUT2D eigenvalue weighted by molar-refractivity contribution is -0.138. The zero-order valence-electron chi connectivity index (χ0n) is 44.2. The number of H-pyrrole nitrogens is 2. The van der Waals surface area contributed by atoms with Gasteiger partial charge in [0.05, 0.1) is 53.3 Å². The van der Waals surface area contributed by atoms with Crippen LogP contribution in [0.1, 0.15) is 158 Å². The molecule has 76 heavy (non-hydrogen) atoms. The number of carbonyl (C=O) groups excluding carboxylic acids is 3. The van der Waals surface area contributed by atoms with Crippen molar-refractivity contribution in [2.24, 2.45) is 17.3 Å². The number of halogens is 4. The molecule has 10 rings (SSSR count). The van der Waals surface area contributed by atoms with Crippen LogP contribution in [-0.4, -0.2) is 116 Å². The number of amides is 4. The van der Waals surface area contributed by atoms with Crippen LogP contribution in [0.2, 0.25) is 0 Å². The molecule has 5 aromatic rings. The van der Waals surface area contributed by atoms with E-state index in [9.17, 15) is 24.3 Å². The summed E-state index contributed by atoms with van der Waals surface area (Å²) in [6.07, 6.45) is 8.55. The molecule has 1 aliphatic carbocycles. The van der Waals surface area contributed by atoms with Gasteiger partial charge in [-0.3, -0.25) is 14.5 Å². The molecule has 20 heteroatoms. The summed E-state index contributed by atoms with van der Waals surface area (Å²) >= 11 is 0. The summed E-state index contributed by atoms with van der Waals surface area (Å²) in [7, 11) is 2.61. The molecule has 4 saturated heterocycles. The Morgan fingerprint density at radius 1 is 0.671 bits per heavy atom. The van der Waals surface area contributed by atoms with Crippen molar-refractivity contribution in [3.05, 3.63) is 82.4 Å². The van der Waals surface area contributed by atoms with Gasteiger partial charge >= 0.3 is 12.2 Å². The van der Waals surface area contributed by atoms with Crippen LogP contribution in [0.5, 0.6) is 0 Å². The van der Waals surface area contributed by atoms with E-state index in [1.54, 1.807) is 45.6 Å². The fraction of sp³-hybridized carbons (Fsp3) is 0.571. The molecule has 5 aliphatic rings. The first kappa shape index (κ1) is 52.8. The standard InChI is InChI=1S/C56H70F4N10O6/c1-30(2)47(65-54(73)76-6)52(71)68-20-10-12-45(68)50-61-39-26-33(35(57)28-41(39)63-50)43-14-15-44(70(43)32-24-37(59)49(38(60)25-32)67-22-18-56(19-23-67)16-8-7-9-17-56)34-27-40-42(29-36(34)58)64-51(62-40)46-13-11-21-69(46)53(72)48(31(3)4)66(5)55(74)75/h24-31,43-48H,7-23H2,1-6H3,(H,61,63)(H,62,64)(H,65,73)(H,74,75)/t43-,44-,45+,46+,47+,48+/m1/s1. The van der Waals surface area contributed by atoms with Gasteiger partial charge in [-0.15, -0.1) is 0 Å². The number of likely N-dealkylation sites (tertiary alicyclic amines) is 2. The van der Waals surface area contributed by atoms with Crippen LogP contribution in [-0.2, 0) is 14.3 Å². The summed E-state index contributed by atoms with van der Waals surface area (Å²) in [4.78, 5) is 76.3. The van der Waals surface area contributed by atoms with Crippen molar-refractivity contribution in [2.45, 2.75) is 147 Å². The monoisotopic (exact) mass is 1050 g/mol. The van der Waals surface area contributed by atoms with Crippen LogP contribution < -0.4 is 15.1 Å². The van der Waals surface area contributed by atoms with Crippen LogP contribution in [0.3, 0.4) is 0 Å². The smallest absolute Gasteiger partial charge is 0.407 e. The highest BCUT2D eigenvalue weighted by molar-refractivity contribution is 5.87. The molecule has 6 heterocycles. The van der Waals surface area contributed by atoms with Crippen molar-refractivity contribution in [1.29, 1.82) is 0 Å². The maximum absolute atomic E-state index is 17.0. The van der Waals surface area contributed by atoms with Crippen LogP contribution in [0, 0.1) is 40.5 Å². The fourth-order valence-electron chi connectivity index (χ4n) is 13.4.